The van der Waals surface area contributed by atoms with Gasteiger partial charge in [-0.3, -0.25) is 0 Å². The van der Waals surface area contributed by atoms with Gasteiger partial charge in [-0.05, 0) is 117 Å². The molecule has 0 unspecified atom stereocenters. The number of nitrogens with zero attached hydrogens (tertiary/aromatic N) is 2. The third-order valence-electron chi connectivity index (χ3n) is 9.12. The van der Waals surface area contributed by atoms with Crippen molar-refractivity contribution >= 4 is 43.9 Å². The van der Waals surface area contributed by atoms with Gasteiger partial charge in [-0.2, -0.15) is 10.5 Å². The van der Waals surface area contributed by atoms with Crippen LogP contribution in [0.5, 0.6) is 0 Å². The first-order chi connectivity index (χ1) is 23.7. The Kier molecular flexibility index (Phi) is 6.22. The van der Waals surface area contributed by atoms with Crippen molar-refractivity contribution in [1.29, 1.82) is 10.5 Å². The van der Waals surface area contributed by atoms with Gasteiger partial charge in [0.1, 0.15) is 22.3 Å². The first kappa shape index (κ1) is 27.4. The molecule has 0 aliphatic heterocycles. The summed E-state index contributed by atoms with van der Waals surface area (Å²) in [5.41, 5.74) is 12.6. The Morgan fingerprint density at radius 3 is 1.58 bits per heavy atom. The van der Waals surface area contributed by atoms with E-state index in [1.807, 2.05) is 66.7 Å². The Morgan fingerprint density at radius 2 is 0.896 bits per heavy atom. The Balaban J connectivity index is 1.39. The monoisotopic (exact) mass is 612 g/mol. The maximum atomic E-state index is 9.91. The number of hydrogen-bond acceptors (Lipinski definition) is 4. The zero-order chi connectivity index (χ0) is 32.2. The third kappa shape index (κ3) is 4.44. The molecule has 0 atom stereocenters. The predicted molar refractivity (Wildman–Crippen MR) is 192 cm³/mol. The van der Waals surface area contributed by atoms with E-state index in [4.69, 9.17) is 8.83 Å². The quantitative estimate of drug-likeness (QED) is 0.198. The van der Waals surface area contributed by atoms with Crippen LogP contribution in [0.3, 0.4) is 0 Å². The first-order valence-corrected chi connectivity index (χ1v) is 15.7. The lowest BCUT2D eigenvalue weighted by Crippen LogP contribution is -1.94. The minimum Gasteiger partial charge on any atom is -0.456 e. The van der Waals surface area contributed by atoms with Crippen LogP contribution in [-0.2, 0) is 0 Å². The van der Waals surface area contributed by atoms with Crippen LogP contribution in [0.1, 0.15) is 11.1 Å². The summed E-state index contributed by atoms with van der Waals surface area (Å²) < 4.78 is 12.4. The van der Waals surface area contributed by atoms with Crippen molar-refractivity contribution in [3.63, 3.8) is 0 Å². The van der Waals surface area contributed by atoms with Gasteiger partial charge in [-0.15, -0.1) is 0 Å². The summed E-state index contributed by atoms with van der Waals surface area (Å²) in [4.78, 5) is 0. The number of benzene rings is 7. The molecule has 222 valence electrons. The number of furan rings is 2. The number of nitriles is 2. The van der Waals surface area contributed by atoms with Crippen molar-refractivity contribution in [1.82, 2.24) is 0 Å². The van der Waals surface area contributed by atoms with Crippen LogP contribution >= 0.6 is 0 Å². The maximum Gasteiger partial charge on any atom is 0.135 e. The van der Waals surface area contributed by atoms with Crippen LogP contribution < -0.4 is 0 Å². The highest BCUT2D eigenvalue weighted by Gasteiger charge is 2.20. The van der Waals surface area contributed by atoms with Gasteiger partial charge in [0.2, 0.25) is 0 Å². The second-order valence-corrected chi connectivity index (χ2v) is 11.9. The minimum absolute atomic E-state index is 0.583. The third-order valence-corrected chi connectivity index (χ3v) is 9.12. The van der Waals surface area contributed by atoms with Crippen molar-refractivity contribution in [2.45, 2.75) is 0 Å². The second kappa shape index (κ2) is 10.9. The van der Waals surface area contributed by atoms with E-state index in [1.165, 1.54) is 0 Å². The molecule has 0 spiro atoms. The average molecular weight is 613 g/mol. The normalized spacial score (nSPS) is 11.3. The molecule has 0 N–H and O–H groups in total. The number of para-hydroxylation sites is 1. The molecule has 4 heteroatoms. The van der Waals surface area contributed by atoms with Crippen LogP contribution in [0.2, 0.25) is 0 Å². The van der Waals surface area contributed by atoms with E-state index in [-0.39, 0.29) is 0 Å². The van der Waals surface area contributed by atoms with Crippen LogP contribution in [0.15, 0.2) is 154 Å². The van der Waals surface area contributed by atoms with Gasteiger partial charge < -0.3 is 8.83 Å². The highest BCUT2D eigenvalue weighted by atomic mass is 16.3. The molecule has 2 heterocycles. The van der Waals surface area contributed by atoms with E-state index < -0.39 is 0 Å². The average Bonchev–Trinajstić information content (AvgIpc) is 3.71. The van der Waals surface area contributed by atoms with Crippen molar-refractivity contribution in [2.75, 3.05) is 0 Å². The van der Waals surface area contributed by atoms with E-state index >= 15 is 0 Å². The lowest BCUT2D eigenvalue weighted by molar-refractivity contribution is 0.668. The van der Waals surface area contributed by atoms with Crippen LogP contribution in [0, 0.1) is 22.7 Å². The molecule has 0 aliphatic carbocycles. The van der Waals surface area contributed by atoms with E-state index in [9.17, 15) is 10.5 Å². The summed E-state index contributed by atoms with van der Waals surface area (Å²) in [5, 5.41) is 23.5. The molecule has 0 amide bonds. The Hall–Kier alpha value is -6.88. The van der Waals surface area contributed by atoms with Crippen LogP contribution in [0.4, 0.5) is 0 Å². The highest BCUT2D eigenvalue weighted by Crippen LogP contribution is 2.46. The molecule has 2 aromatic heterocycles. The van der Waals surface area contributed by atoms with Crippen LogP contribution in [0.25, 0.3) is 88.4 Å². The zero-order valence-electron chi connectivity index (χ0n) is 25.6. The summed E-state index contributed by atoms with van der Waals surface area (Å²) >= 11 is 0. The molecule has 0 fully saturated rings. The summed E-state index contributed by atoms with van der Waals surface area (Å²) in [6.45, 7) is 0. The fraction of sp³-hybridized carbons (Fsp3) is 0. The number of hydrogen-bond donors (Lipinski definition) is 0. The Bertz CT molecular complexity index is 2810. The maximum absolute atomic E-state index is 9.91. The highest BCUT2D eigenvalue weighted by molar-refractivity contribution is 6.10. The molecular weight excluding hydrogens is 588 g/mol. The summed E-state index contributed by atoms with van der Waals surface area (Å²) in [6, 6.07) is 53.5. The fourth-order valence-electron chi connectivity index (χ4n) is 6.86. The molecule has 7 aromatic carbocycles. The zero-order valence-corrected chi connectivity index (χ0v) is 25.6. The van der Waals surface area contributed by atoms with Gasteiger partial charge in [0.05, 0.1) is 23.3 Å². The summed E-state index contributed by atoms with van der Waals surface area (Å²) in [5.74, 6) is 0. The molecular formula is C44H24N2O2. The van der Waals surface area contributed by atoms with Gasteiger partial charge in [0.15, 0.2) is 0 Å². The SMILES string of the molecule is N#Cc1cccc(-c2c(-c3ccc4oc5ccccc5c4c3)cc(-c3ccccc3)cc2-c2ccc3oc4ccc(C#N)cc4c3c2)c1. The molecule has 0 aliphatic rings. The molecule has 4 nitrogen and oxygen atoms in total. The van der Waals surface area contributed by atoms with Gasteiger partial charge in [-0.25, -0.2) is 0 Å². The minimum atomic E-state index is 0.583. The lowest BCUT2D eigenvalue weighted by Gasteiger charge is -2.19. The van der Waals surface area contributed by atoms with E-state index in [0.29, 0.717) is 11.1 Å². The van der Waals surface area contributed by atoms with Crippen molar-refractivity contribution in [3.8, 4) is 56.6 Å². The van der Waals surface area contributed by atoms with Gasteiger partial charge in [0.25, 0.3) is 0 Å². The molecule has 0 saturated heterocycles. The molecule has 9 aromatic rings. The summed E-state index contributed by atoms with van der Waals surface area (Å²) in [6.07, 6.45) is 0. The first-order valence-electron chi connectivity index (χ1n) is 15.7. The van der Waals surface area contributed by atoms with E-state index in [1.54, 1.807) is 6.07 Å². The molecule has 0 saturated carbocycles. The van der Waals surface area contributed by atoms with Crippen molar-refractivity contribution in [2.24, 2.45) is 0 Å². The predicted octanol–water partition coefficient (Wildman–Crippen LogP) is 11.9. The number of rotatable bonds is 4. The standard InChI is InChI=1S/C44H24N2O2/c45-25-27-7-6-10-32(19-27)44-35(30-14-17-42-38(21-30)34-11-4-5-12-40(34)47-42)23-33(29-8-2-1-3-9-29)24-36(44)31-15-18-43-39(22-31)37-20-28(26-46)13-16-41(37)48-43/h1-24H. The van der Waals surface area contributed by atoms with Gasteiger partial charge in [0, 0.05) is 21.5 Å². The van der Waals surface area contributed by atoms with E-state index in [0.717, 1.165) is 88.4 Å². The number of fused-ring (bicyclic) bond motifs is 6. The van der Waals surface area contributed by atoms with Crippen LogP contribution in [-0.4, -0.2) is 0 Å². The largest absolute Gasteiger partial charge is 0.456 e. The Labute approximate surface area is 275 Å². The molecule has 48 heavy (non-hydrogen) atoms. The van der Waals surface area contributed by atoms with Crippen molar-refractivity contribution < 1.29 is 8.83 Å². The fourth-order valence-corrected chi connectivity index (χ4v) is 6.86. The topological polar surface area (TPSA) is 73.9 Å². The second-order valence-electron chi connectivity index (χ2n) is 11.9. The smallest absolute Gasteiger partial charge is 0.135 e. The van der Waals surface area contributed by atoms with Gasteiger partial charge in [-0.1, -0.05) is 72.8 Å². The van der Waals surface area contributed by atoms with Gasteiger partial charge >= 0.3 is 0 Å². The Morgan fingerprint density at radius 1 is 0.354 bits per heavy atom. The lowest BCUT2D eigenvalue weighted by atomic mass is 9.84. The summed E-state index contributed by atoms with van der Waals surface area (Å²) in [7, 11) is 0. The molecule has 0 radical (unpaired) electrons. The molecule has 9 rings (SSSR count). The molecule has 0 bridgehead atoms. The van der Waals surface area contributed by atoms with E-state index in [2.05, 4.69) is 84.9 Å². The van der Waals surface area contributed by atoms with Crippen molar-refractivity contribution in [3.05, 3.63) is 157 Å².